The maximum absolute atomic E-state index is 11.5. The summed E-state index contributed by atoms with van der Waals surface area (Å²) in [6, 6.07) is 7.24. The molecule has 1 heterocycles. The number of carboxylic acid groups (broad SMARTS) is 1. The lowest BCUT2D eigenvalue weighted by Crippen LogP contribution is -2.22. The average Bonchev–Trinajstić information content (AvgIpc) is 3.06. The van der Waals surface area contributed by atoms with E-state index in [9.17, 15) is 15.0 Å². The van der Waals surface area contributed by atoms with Crippen LogP contribution in [0.15, 0.2) is 30.5 Å². The van der Waals surface area contributed by atoms with Crippen molar-refractivity contribution in [2.45, 2.75) is 93.8 Å². The van der Waals surface area contributed by atoms with E-state index in [1.165, 1.54) is 44.9 Å². The first kappa shape index (κ1) is 25.1. The van der Waals surface area contributed by atoms with Gasteiger partial charge in [-0.15, -0.1) is 11.6 Å². The summed E-state index contributed by atoms with van der Waals surface area (Å²) in [5.74, 6) is -0.681. The lowest BCUT2D eigenvalue weighted by Gasteiger charge is -2.24. The van der Waals surface area contributed by atoms with Crippen LogP contribution >= 0.6 is 27.5 Å². The molecule has 168 valence electrons. The van der Waals surface area contributed by atoms with Crippen LogP contribution in [0.1, 0.15) is 83.6 Å². The second kappa shape index (κ2) is 13.3. The maximum atomic E-state index is 11.5. The predicted molar refractivity (Wildman–Crippen MR) is 129 cm³/mol. The van der Waals surface area contributed by atoms with Crippen molar-refractivity contribution in [3.63, 3.8) is 0 Å². The number of carboxylic acids is 1. The van der Waals surface area contributed by atoms with Crippen molar-refractivity contribution in [3.05, 3.63) is 30.5 Å². The molecule has 0 aliphatic heterocycles. The van der Waals surface area contributed by atoms with Gasteiger partial charge in [0.2, 0.25) is 0 Å². The molecular formula is C24H35BrClNO3. The minimum absolute atomic E-state index is 0.0105. The summed E-state index contributed by atoms with van der Waals surface area (Å²) in [4.78, 5) is 11.5. The Labute approximate surface area is 193 Å². The van der Waals surface area contributed by atoms with Gasteiger partial charge in [-0.2, -0.15) is 0 Å². The minimum atomic E-state index is -0.855. The highest BCUT2D eigenvalue weighted by Gasteiger charge is 2.25. The van der Waals surface area contributed by atoms with Crippen LogP contribution in [0.5, 0.6) is 5.75 Å². The molecule has 0 saturated carbocycles. The predicted octanol–water partition coefficient (Wildman–Crippen LogP) is 7.65. The van der Waals surface area contributed by atoms with Gasteiger partial charge in [-0.05, 0) is 25.0 Å². The number of carbonyl (C=O) groups is 1. The zero-order valence-corrected chi connectivity index (χ0v) is 20.2. The highest BCUT2D eigenvalue weighted by Crippen LogP contribution is 2.35. The van der Waals surface area contributed by atoms with E-state index in [0.29, 0.717) is 6.42 Å². The Morgan fingerprint density at radius 1 is 1.10 bits per heavy atom. The van der Waals surface area contributed by atoms with E-state index in [1.54, 1.807) is 6.20 Å². The van der Waals surface area contributed by atoms with Gasteiger partial charge in [0, 0.05) is 27.8 Å². The minimum Gasteiger partial charge on any atom is -0.506 e. The van der Waals surface area contributed by atoms with Crippen LogP contribution in [-0.2, 0) is 4.79 Å². The largest absolute Gasteiger partial charge is 0.506 e. The molecule has 1 aromatic heterocycles. The number of hydrogen-bond donors (Lipinski definition) is 2. The molecule has 2 rings (SSSR count). The van der Waals surface area contributed by atoms with Gasteiger partial charge < -0.3 is 14.8 Å². The molecule has 6 heteroatoms. The Kier molecular flexibility index (Phi) is 11.1. The van der Waals surface area contributed by atoms with Gasteiger partial charge in [-0.3, -0.25) is 4.79 Å². The van der Waals surface area contributed by atoms with E-state index in [0.717, 1.165) is 23.7 Å². The van der Waals surface area contributed by atoms with Crippen molar-refractivity contribution in [1.29, 1.82) is 0 Å². The number of nitrogens with zero attached hydrogens (tertiary/aromatic N) is 1. The Hall–Kier alpha value is -1.20. The van der Waals surface area contributed by atoms with Crippen molar-refractivity contribution in [2.24, 2.45) is 0 Å². The molecule has 0 aliphatic carbocycles. The van der Waals surface area contributed by atoms with Crippen LogP contribution in [0.4, 0.5) is 0 Å². The molecule has 2 N–H and O–H groups in total. The molecule has 0 fully saturated rings. The number of para-hydroxylation sites is 1. The fourth-order valence-corrected chi connectivity index (χ4v) is 5.00. The van der Waals surface area contributed by atoms with E-state index < -0.39 is 5.97 Å². The molecule has 0 amide bonds. The summed E-state index contributed by atoms with van der Waals surface area (Å²) in [6.07, 6.45) is 13.3. The van der Waals surface area contributed by atoms with Crippen LogP contribution in [-0.4, -0.2) is 31.0 Å². The number of benzene rings is 1. The third-order valence-corrected chi connectivity index (χ3v) is 7.59. The second-order valence-electron chi connectivity index (χ2n) is 8.22. The van der Waals surface area contributed by atoms with Gasteiger partial charge >= 0.3 is 5.97 Å². The highest BCUT2D eigenvalue weighted by atomic mass is 79.9. The number of aromatic hydroxyl groups is 1. The normalized spacial score (nSPS) is 14.6. The molecule has 0 saturated heterocycles. The molecule has 30 heavy (non-hydrogen) atoms. The summed E-state index contributed by atoms with van der Waals surface area (Å²) in [5, 5.41) is 20.4. The number of aromatic nitrogens is 1. The van der Waals surface area contributed by atoms with Crippen molar-refractivity contribution in [3.8, 4) is 5.75 Å². The molecule has 0 spiro atoms. The van der Waals surface area contributed by atoms with Crippen LogP contribution in [0, 0.1) is 0 Å². The summed E-state index contributed by atoms with van der Waals surface area (Å²) in [7, 11) is 0. The Morgan fingerprint density at radius 3 is 2.40 bits per heavy atom. The summed E-state index contributed by atoms with van der Waals surface area (Å²) < 4.78 is 1.88. The molecule has 0 aliphatic rings. The van der Waals surface area contributed by atoms with Crippen LogP contribution in [0.3, 0.4) is 0 Å². The zero-order valence-electron chi connectivity index (χ0n) is 17.9. The Morgan fingerprint density at radius 2 is 1.73 bits per heavy atom. The van der Waals surface area contributed by atoms with Crippen LogP contribution in [0.2, 0.25) is 0 Å². The molecule has 0 bridgehead atoms. The lowest BCUT2D eigenvalue weighted by molar-refractivity contribution is -0.137. The Bertz CT molecular complexity index is 779. The fourth-order valence-electron chi connectivity index (χ4n) is 4.05. The van der Waals surface area contributed by atoms with Crippen molar-refractivity contribution in [2.75, 3.05) is 0 Å². The standard InChI is InChI=1S/C24H35BrClNO3/c1-2-3-4-5-6-7-8-9-13-21(26)20(25)15-18(16-24(29)30)27-17-23(28)19-12-10-11-14-22(19)27/h10-12,14,17-18,20-21,28H,2-9,13,15-16H2,1H3,(H,29,30). The van der Waals surface area contributed by atoms with Gasteiger partial charge in [0.1, 0.15) is 5.75 Å². The molecule has 3 atom stereocenters. The molecule has 1 aromatic carbocycles. The molecule has 2 aromatic rings. The lowest BCUT2D eigenvalue weighted by atomic mass is 10.0. The third kappa shape index (κ3) is 7.81. The first-order chi connectivity index (χ1) is 14.4. The van der Waals surface area contributed by atoms with E-state index in [2.05, 4.69) is 22.9 Å². The molecule has 3 unspecified atom stereocenters. The number of hydrogen-bond acceptors (Lipinski definition) is 2. The highest BCUT2D eigenvalue weighted by molar-refractivity contribution is 9.09. The van der Waals surface area contributed by atoms with Crippen molar-refractivity contribution in [1.82, 2.24) is 4.57 Å². The van der Waals surface area contributed by atoms with Crippen LogP contribution < -0.4 is 0 Å². The van der Waals surface area contributed by atoms with Crippen LogP contribution in [0.25, 0.3) is 10.9 Å². The quantitative estimate of drug-likeness (QED) is 0.195. The third-order valence-electron chi connectivity index (χ3n) is 5.75. The number of halogens is 2. The van der Waals surface area contributed by atoms with Gasteiger partial charge in [0.05, 0.1) is 11.9 Å². The monoisotopic (exact) mass is 499 g/mol. The molecular weight excluding hydrogens is 466 g/mol. The Balaban J connectivity index is 1.89. The van der Waals surface area contributed by atoms with Gasteiger partial charge in [-0.25, -0.2) is 0 Å². The second-order valence-corrected chi connectivity index (χ2v) is 9.96. The number of aliphatic carboxylic acids is 1. The SMILES string of the molecule is CCCCCCCCCCC(Cl)C(Br)CC(CC(=O)O)n1cc(O)c2ccccc21. The zero-order chi connectivity index (χ0) is 21.9. The van der Waals surface area contributed by atoms with E-state index in [1.807, 2.05) is 28.8 Å². The summed E-state index contributed by atoms with van der Waals surface area (Å²) in [6.45, 7) is 2.24. The number of alkyl halides is 2. The number of fused-ring (bicyclic) bond motifs is 1. The van der Waals surface area contributed by atoms with E-state index in [-0.39, 0.29) is 28.4 Å². The number of unbranched alkanes of at least 4 members (excludes halogenated alkanes) is 7. The van der Waals surface area contributed by atoms with Crippen molar-refractivity contribution < 1.29 is 15.0 Å². The van der Waals surface area contributed by atoms with Crippen molar-refractivity contribution >= 4 is 44.4 Å². The first-order valence-electron chi connectivity index (χ1n) is 11.2. The maximum Gasteiger partial charge on any atom is 0.305 e. The summed E-state index contributed by atoms with van der Waals surface area (Å²) >= 11 is 10.4. The van der Waals surface area contributed by atoms with Gasteiger partial charge in [0.15, 0.2) is 0 Å². The number of rotatable bonds is 15. The molecule has 0 radical (unpaired) electrons. The van der Waals surface area contributed by atoms with E-state index in [4.69, 9.17) is 11.6 Å². The smallest absolute Gasteiger partial charge is 0.305 e. The fraction of sp³-hybridized carbons (Fsp3) is 0.625. The molecule has 4 nitrogen and oxygen atoms in total. The van der Waals surface area contributed by atoms with Gasteiger partial charge in [0.25, 0.3) is 0 Å². The first-order valence-corrected chi connectivity index (χ1v) is 12.6. The topological polar surface area (TPSA) is 62.5 Å². The van der Waals surface area contributed by atoms with Gasteiger partial charge in [-0.1, -0.05) is 86.4 Å². The van der Waals surface area contributed by atoms with E-state index >= 15 is 0 Å². The average molecular weight is 501 g/mol. The summed E-state index contributed by atoms with van der Waals surface area (Å²) in [5.41, 5.74) is 0.843.